The number of aryl methyl sites for hydroxylation is 1. The molecule has 1 aromatic carbocycles. The number of hydrogen-bond acceptors (Lipinski definition) is 5. The molecule has 2 rings (SSSR count). The summed E-state index contributed by atoms with van der Waals surface area (Å²) in [4.78, 5) is 28.1. The smallest absolute Gasteiger partial charge is 0.270 e. The van der Waals surface area contributed by atoms with Crippen LogP contribution in [-0.2, 0) is 4.79 Å². The number of carbonyl (C=O) groups is 2. The van der Waals surface area contributed by atoms with E-state index in [0.29, 0.717) is 10.1 Å². The molecule has 0 radical (unpaired) electrons. The number of nitrogens with zero attached hydrogens (tertiary/aromatic N) is 1. The Bertz CT molecular complexity index is 721. The molecular formula is C17H22N4O2S. The summed E-state index contributed by atoms with van der Waals surface area (Å²) in [5.41, 5.74) is 7.46. The minimum atomic E-state index is -0.664. The van der Waals surface area contributed by atoms with Crippen LogP contribution in [0.15, 0.2) is 24.3 Å². The zero-order valence-corrected chi connectivity index (χ0v) is 14.9. The van der Waals surface area contributed by atoms with Crippen LogP contribution in [0.1, 0.15) is 42.7 Å². The Morgan fingerprint density at radius 2 is 1.83 bits per heavy atom. The predicted octanol–water partition coefficient (Wildman–Crippen LogP) is 3.67. The Hall–Kier alpha value is -2.41. The van der Waals surface area contributed by atoms with Gasteiger partial charge in [-0.15, -0.1) is 0 Å². The summed E-state index contributed by atoms with van der Waals surface area (Å²) in [5, 5.41) is 6.80. The number of primary amides is 1. The van der Waals surface area contributed by atoms with Crippen LogP contribution in [0.25, 0.3) is 0 Å². The summed E-state index contributed by atoms with van der Waals surface area (Å²) in [6, 6.07) is 7.79. The van der Waals surface area contributed by atoms with Crippen molar-refractivity contribution in [1.29, 1.82) is 0 Å². The van der Waals surface area contributed by atoms with Crippen LogP contribution in [0.3, 0.4) is 0 Å². The van der Waals surface area contributed by atoms with E-state index in [2.05, 4.69) is 15.6 Å². The Balaban J connectivity index is 2.22. The van der Waals surface area contributed by atoms with Crippen LogP contribution in [0.2, 0.25) is 0 Å². The molecule has 1 aromatic heterocycles. The molecule has 2 aromatic rings. The first-order chi connectivity index (χ1) is 11.4. The molecule has 0 aliphatic heterocycles. The minimum absolute atomic E-state index is 0.0777. The van der Waals surface area contributed by atoms with Crippen LogP contribution in [-0.4, -0.2) is 16.8 Å². The number of thiazole rings is 1. The highest BCUT2D eigenvalue weighted by atomic mass is 32.1. The van der Waals surface area contributed by atoms with Crippen molar-refractivity contribution in [3.8, 4) is 0 Å². The molecule has 0 aliphatic rings. The highest BCUT2D eigenvalue weighted by Crippen LogP contribution is 2.31. The molecule has 6 nitrogen and oxygen atoms in total. The molecule has 24 heavy (non-hydrogen) atoms. The maximum atomic E-state index is 12.2. The van der Waals surface area contributed by atoms with Crippen molar-refractivity contribution in [3.05, 3.63) is 35.5 Å². The fraction of sp³-hybridized carbons (Fsp3) is 0.353. The van der Waals surface area contributed by atoms with Gasteiger partial charge in [0.25, 0.3) is 5.91 Å². The van der Waals surface area contributed by atoms with Crippen LogP contribution in [0.5, 0.6) is 0 Å². The van der Waals surface area contributed by atoms with Crippen molar-refractivity contribution >= 4 is 39.0 Å². The monoisotopic (exact) mass is 346 g/mol. The normalized spacial score (nSPS) is 10.7. The highest BCUT2D eigenvalue weighted by Gasteiger charge is 2.21. The number of anilines is 3. The van der Waals surface area contributed by atoms with E-state index in [1.165, 1.54) is 11.3 Å². The minimum Gasteiger partial charge on any atom is -0.364 e. The molecule has 0 spiro atoms. The predicted molar refractivity (Wildman–Crippen MR) is 97.8 cm³/mol. The maximum absolute atomic E-state index is 12.2. The molecular weight excluding hydrogens is 324 g/mol. The van der Waals surface area contributed by atoms with Crippen molar-refractivity contribution < 1.29 is 9.59 Å². The number of nitrogens with two attached hydrogens (primary N) is 1. The van der Waals surface area contributed by atoms with Gasteiger partial charge in [-0.25, -0.2) is 4.98 Å². The molecule has 128 valence electrons. The van der Waals surface area contributed by atoms with Gasteiger partial charge in [0.1, 0.15) is 5.00 Å². The van der Waals surface area contributed by atoms with Gasteiger partial charge in [0.2, 0.25) is 5.91 Å². The van der Waals surface area contributed by atoms with Crippen LogP contribution in [0, 0.1) is 12.8 Å². The Labute approximate surface area is 145 Å². The largest absolute Gasteiger partial charge is 0.364 e. The first kappa shape index (κ1) is 17.9. The van der Waals surface area contributed by atoms with Crippen molar-refractivity contribution in [3.63, 3.8) is 0 Å². The second-order valence-electron chi connectivity index (χ2n) is 5.55. The third-order valence-corrected chi connectivity index (χ3v) is 4.64. The Morgan fingerprint density at radius 1 is 1.21 bits per heavy atom. The third-order valence-electron chi connectivity index (χ3n) is 3.76. The van der Waals surface area contributed by atoms with Crippen LogP contribution < -0.4 is 16.4 Å². The number of aromatic nitrogens is 1. The molecule has 0 saturated heterocycles. The SMILES string of the molecule is CCC(CC)C(=O)Nc1sc(Nc2ccc(C)cc2)nc1C(N)=O. The lowest BCUT2D eigenvalue weighted by Crippen LogP contribution is -2.23. The van der Waals surface area contributed by atoms with Crippen LogP contribution in [0.4, 0.5) is 15.8 Å². The molecule has 0 fully saturated rings. The van der Waals surface area contributed by atoms with E-state index in [4.69, 9.17) is 5.73 Å². The van der Waals surface area contributed by atoms with E-state index in [1.807, 2.05) is 45.0 Å². The van der Waals surface area contributed by atoms with E-state index < -0.39 is 5.91 Å². The topological polar surface area (TPSA) is 97.1 Å². The molecule has 0 bridgehead atoms. The summed E-state index contributed by atoms with van der Waals surface area (Å²) >= 11 is 1.20. The fourth-order valence-corrected chi connectivity index (χ4v) is 3.15. The second-order valence-corrected chi connectivity index (χ2v) is 6.55. The van der Waals surface area contributed by atoms with Crippen molar-refractivity contribution in [1.82, 2.24) is 4.98 Å². The maximum Gasteiger partial charge on any atom is 0.270 e. The Kier molecular flexibility index (Phi) is 5.92. The zero-order valence-electron chi connectivity index (χ0n) is 14.1. The van der Waals surface area contributed by atoms with Crippen molar-refractivity contribution in [2.24, 2.45) is 11.7 Å². The van der Waals surface area contributed by atoms with Gasteiger partial charge in [0.05, 0.1) is 0 Å². The first-order valence-corrected chi connectivity index (χ1v) is 8.71. The molecule has 2 amide bonds. The number of rotatable bonds is 7. The summed E-state index contributed by atoms with van der Waals surface area (Å²) < 4.78 is 0. The van der Waals surface area contributed by atoms with Gasteiger partial charge in [-0.1, -0.05) is 42.9 Å². The number of carbonyl (C=O) groups excluding carboxylic acids is 2. The lowest BCUT2D eigenvalue weighted by Gasteiger charge is -2.11. The van der Waals surface area contributed by atoms with Gasteiger partial charge >= 0.3 is 0 Å². The Morgan fingerprint density at radius 3 is 2.38 bits per heavy atom. The molecule has 4 N–H and O–H groups in total. The molecule has 0 aliphatic carbocycles. The number of benzene rings is 1. The molecule has 0 atom stereocenters. The van der Waals surface area contributed by atoms with E-state index in [9.17, 15) is 9.59 Å². The second kappa shape index (κ2) is 7.92. The molecule has 0 unspecified atom stereocenters. The standard InChI is InChI=1S/C17H22N4O2S/c1-4-11(5-2)15(23)21-16-13(14(18)22)20-17(24-16)19-12-8-6-10(3)7-9-12/h6-9,11H,4-5H2,1-3H3,(H2,18,22)(H,19,20)(H,21,23). The average Bonchev–Trinajstić information content (AvgIpc) is 2.93. The lowest BCUT2D eigenvalue weighted by atomic mass is 10.0. The highest BCUT2D eigenvalue weighted by molar-refractivity contribution is 7.20. The first-order valence-electron chi connectivity index (χ1n) is 7.89. The zero-order chi connectivity index (χ0) is 17.7. The number of hydrogen-bond donors (Lipinski definition) is 3. The summed E-state index contributed by atoms with van der Waals surface area (Å²) in [6.45, 7) is 5.92. The van der Waals surface area contributed by atoms with E-state index in [-0.39, 0.29) is 17.5 Å². The average molecular weight is 346 g/mol. The number of nitrogens with one attached hydrogen (secondary N) is 2. The van der Waals surface area contributed by atoms with Crippen LogP contribution >= 0.6 is 11.3 Å². The van der Waals surface area contributed by atoms with Gasteiger partial charge in [0.15, 0.2) is 10.8 Å². The quantitative estimate of drug-likeness (QED) is 0.712. The summed E-state index contributed by atoms with van der Waals surface area (Å²) in [5.74, 6) is -0.877. The van der Waals surface area contributed by atoms with Crippen molar-refractivity contribution in [2.45, 2.75) is 33.6 Å². The molecule has 1 heterocycles. The third kappa shape index (κ3) is 4.32. The summed E-state index contributed by atoms with van der Waals surface area (Å²) in [6.07, 6.45) is 1.48. The molecule has 0 saturated carbocycles. The lowest BCUT2D eigenvalue weighted by molar-refractivity contribution is -0.120. The van der Waals surface area contributed by atoms with Gasteiger partial charge < -0.3 is 16.4 Å². The fourth-order valence-electron chi connectivity index (χ4n) is 2.26. The van der Waals surface area contributed by atoms with Gasteiger partial charge in [0, 0.05) is 11.6 Å². The number of amides is 2. The van der Waals surface area contributed by atoms with E-state index >= 15 is 0 Å². The van der Waals surface area contributed by atoms with E-state index in [1.54, 1.807) is 0 Å². The summed E-state index contributed by atoms with van der Waals surface area (Å²) in [7, 11) is 0. The van der Waals surface area contributed by atoms with Gasteiger partial charge in [-0.3, -0.25) is 9.59 Å². The van der Waals surface area contributed by atoms with E-state index in [0.717, 1.165) is 24.1 Å². The van der Waals surface area contributed by atoms with Crippen molar-refractivity contribution in [2.75, 3.05) is 10.6 Å². The van der Waals surface area contributed by atoms with Gasteiger partial charge in [-0.05, 0) is 31.9 Å². The molecule has 7 heteroatoms. The van der Waals surface area contributed by atoms with Gasteiger partial charge in [-0.2, -0.15) is 0 Å².